The quantitative estimate of drug-likeness (QED) is 0.864. The molecule has 1 saturated carbocycles. The molecule has 2 N–H and O–H groups in total. The highest BCUT2D eigenvalue weighted by atomic mass is 79.9. The predicted molar refractivity (Wildman–Crippen MR) is 89.7 cm³/mol. The Morgan fingerprint density at radius 3 is 2.55 bits per heavy atom. The van der Waals surface area contributed by atoms with Gasteiger partial charge in [0, 0.05) is 16.6 Å². The van der Waals surface area contributed by atoms with Gasteiger partial charge in [-0.25, -0.2) is 0 Å². The topological polar surface area (TPSA) is 29.3 Å². The van der Waals surface area contributed by atoms with Crippen molar-refractivity contribution in [2.24, 2.45) is 11.7 Å². The van der Waals surface area contributed by atoms with Gasteiger partial charge in [-0.3, -0.25) is 0 Å². The summed E-state index contributed by atoms with van der Waals surface area (Å²) in [6.07, 6.45) is 6.56. The van der Waals surface area contributed by atoms with Gasteiger partial charge in [-0.15, -0.1) is 0 Å². The third-order valence-electron chi connectivity index (χ3n) is 4.72. The van der Waals surface area contributed by atoms with Gasteiger partial charge in [0.25, 0.3) is 0 Å². The summed E-state index contributed by atoms with van der Waals surface area (Å²) in [6, 6.07) is 9.28. The number of hydrogen-bond acceptors (Lipinski definition) is 2. The van der Waals surface area contributed by atoms with Gasteiger partial charge in [-0.05, 0) is 56.5 Å². The molecule has 0 radical (unpaired) electrons. The number of halogens is 1. The molecule has 0 aliphatic heterocycles. The van der Waals surface area contributed by atoms with E-state index in [0.717, 1.165) is 29.4 Å². The van der Waals surface area contributed by atoms with E-state index < -0.39 is 0 Å². The van der Waals surface area contributed by atoms with Crippen molar-refractivity contribution in [1.82, 2.24) is 4.90 Å². The zero-order valence-corrected chi connectivity index (χ0v) is 14.3. The monoisotopic (exact) mass is 338 g/mol. The largest absolute Gasteiger partial charge is 0.324 e. The van der Waals surface area contributed by atoms with Crippen molar-refractivity contribution >= 4 is 15.9 Å². The van der Waals surface area contributed by atoms with Crippen molar-refractivity contribution < 1.29 is 0 Å². The van der Waals surface area contributed by atoms with Crippen LogP contribution in [-0.2, 0) is 0 Å². The summed E-state index contributed by atoms with van der Waals surface area (Å²) in [6.45, 7) is 3.49. The normalized spacial score (nSPS) is 24.9. The zero-order chi connectivity index (χ0) is 14.5. The molecule has 2 nitrogen and oxygen atoms in total. The number of rotatable bonds is 5. The maximum Gasteiger partial charge on any atom is 0.0307 e. The van der Waals surface area contributed by atoms with Crippen LogP contribution in [-0.4, -0.2) is 24.5 Å². The van der Waals surface area contributed by atoms with Gasteiger partial charge in [-0.1, -0.05) is 47.8 Å². The van der Waals surface area contributed by atoms with Crippen molar-refractivity contribution in [2.45, 2.75) is 51.1 Å². The number of hydrogen-bond donors (Lipinski definition) is 1. The summed E-state index contributed by atoms with van der Waals surface area (Å²) in [5.41, 5.74) is 7.55. The Kier molecular flexibility index (Phi) is 6.06. The predicted octanol–water partition coefficient (Wildman–Crippen LogP) is 4.35. The van der Waals surface area contributed by atoms with E-state index in [1.54, 1.807) is 0 Å². The minimum Gasteiger partial charge on any atom is -0.324 e. The van der Waals surface area contributed by atoms with Gasteiger partial charge >= 0.3 is 0 Å². The summed E-state index contributed by atoms with van der Waals surface area (Å²) < 4.78 is 1.11. The summed E-state index contributed by atoms with van der Waals surface area (Å²) in [5, 5.41) is 0. The van der Waals surface area contributed by atoms with E-state index in [0.29, 0.717) is 0 Å². The van der Waals surface area contributed by atoms with Gasteiger partial charge in [0.2, 0.25) is 0 Å². The van der Waals surface area contributed by atoms with E-state index in [4.69, 9.17) is 5.73 Å². The highest BCUT2D eigenvalue weighted by Gasteiger charge is 2.24. The van der Waals surface area contributed by atoms with Gasteiger partial charge in [0.05, 0.1) is 0 Å². The summed E-state index contributed by atoms with van der Waals surface area (Å²) in [7, 11) is 2.26. The lowest BCUT2D eigenvalue weighted by molar-refractivity contribution is 0.136. The van der Waals surface area contributed by atoms with E-state index in [-0.39, 0.29) is 6.04 Å². The molecule has 20 heavy (non-hydrogen) atoms. The van der Waals surface area contributed by atoms with E-state index in [9.17, 15) is 0 Å². The highest BCUT2D eigenvalue weighted by molar-refractivity contribution is 9.10. The maximum atomic E-state index is 6.32. The SMILES string of the molecule is CC1CCCCC1N(C)CCC(N)c1ccc(Br)cc1. The zero-order valence-electron chi connectivity index (χ0n) is 12.7. The fourth-order valence-electron chi connectivity index (χ4n) is 3.34. The molecular weight excluding hydrogens is 312 g/mol. The summed E-state index contributed by atoms with van der Waals surface area (Å²) in [4.78, 5) is 2.53. The molecule has 0 saturated heterocycles. The molecule has 1 aromatic rings. The summed E-state index contributed by atoms with van der Waals surface area (Å²) >= 11 is 3.47. The van der Waals surface area contributed by atoms with Crippen LogP contribution in [0, 0.1) is 5.92 Å². The van der Waals surface area contributed by atoms with Crippen LogP contribution in [0.3, 0.4) is 0 Å². The van der Waals surface area contributed by atoms with Gasteiger partial charge < -0.3 is 10.6 Å². The third-order valence-corrected chi connectivity index (χ3v) is 5.25. The second-order valence-electron chi connectivity index (χ2n) is 6.26. The molecular formula is C17H27BrN2. The lowest BCUT2D eigenvalue weighted by atomic mass is 9.85. The lowest BCUT2D eigenvalue weighted by Gasteiger charge is -2.36. The molecule has 3 unspecified atom stereocenters. The maximum absolute atomic E-state index is 6.32. The van der Waals surface area contributed by atoms with E-state index >= 15 is 0 Å². The molecule has 0 heterocycles. The van der Waals surface area contributed by atoms with Crippen LogP contribution in [0.5, 0.6) is 0 Å². The fourth-order valence-corrected chi connectivity index (χ4v) is 3.60. The van der Waals surface area contributed by atoms with Crippen LogP contribution in [0.1, 0.15) is 50.6 Å². The van der Waals surface area contributed by atoms with E-state index in [1.165, 1.54) is 31.2 Å². The molecule has 2 rings (SSSR count). The van der Waals surface area contributed by atoms with Crippen molar-refractivity contribution in [1.29, 1.82) is 0 Å². The second kappa shape index (κ2) is 7.58. The molecule has 0 aromatic heterocycles. The van der Waals surface area contributed by atoms with Crippen molar-refractivity contribution in [3.8, 4) is 0 Å². The molecule has 1 aliphatic carbocycles. The Morgan fingerprint density at radius 1 is 1.25 bits per heavy atom. The van der Waals surface area contributed by atoms with Gasteiger partial charge in [0.1, 0.15) is 0 Å². The first-order valence-corrected chi connectivity index (χ1v) is 8.58. The minimum atomic E-state index is 0.143. The Hall–Kier alpha value is -0.380. The first-order valence-electron chi connectivity index (χ1n) is 7.79. The second-order valence-corrected chi connectivity index (χ2v) is 7.17. The van der Waals surface area contributed by atoms with E-state index in [1.807, 2.05) is 0 Å². The smallest absolute Gasteiger partial charge is 0.0307 e. The fraction of sp³-hybridized carbons (Fsp3) is 0.647. The highest BCUT2D eigenvalue weighted by Crippen LogP contribution is 2.28. The molecule has 0 spiro atoms. The average Bonchev–Trinajstić information content (AvgIpc) is 2.45. The number of nitrogens with zero attached hydrogens (tertiary/aromatic N) is 1. The molecule has 112 valence electrons. The number of benzene rings is 1. The van der Waals surface area contributed by atoms with Crippen LogP contribution in [0.15, 0.2) is 28.7 Å². The van der Waals surface area contributed by atoms with Crippen LogP contribution in [0.2, 0.25) is 0 Å². The number of nitrogens with two attached hydrogens (primary N) is 1. The van der Waals surface area contributed by atoms with Crippen LogP contribution < -0.4 is 5.73 Å². The van der Waals surface area contributed by atoms with Crippen molar-refractivity contribution in [3.63, 3.8) is 0 Å². The van der Waals surface area contributed by atoms with Gasteiger partial charge in [0.15, 0.2) is 0 Å². The van der Waals surface area contributed by atoms with Crippen LogP contribution in [0.4, 0.5) is 0 Å². The molecule has 3 heteroatoms. The minimum absolute atomic E-state index is 0.143. The van der Waals surface area contributed by atoms with E-state index in [2.05, 4.69) is 59.1 Å². The summed E-state index contributed by atoms with van der Waals surface area (Å²) in [5.74, 6) is 0.831. The average molecular weight is 339 g/mol. The van der Waals surface area contributed by atoms with Crippen LogP contribution >= 0.6 is 15.9 Å². The lowest BCUT2D eigenvalue weighted by Crippen LogP contribution is -2.40. The van der Waals surface area contributed by atoms with Gasteiger partial charge in [-0.2, -0.15) is 0 Å². The van der Waals surface area contributed by atoms with Crippen LogP contribution in [0.25, 0.3) is 0 Å². The molecule has 0 amide bonds. The Morgan fingerprint density at radius 2 is 1.90 bits per heavy atom. The molecule has 0 bridgehead atoms. The van der Waals surface area contributed by atoms with Crippen molar-refractivity contribution in [2.75, 3.05) is 13.6 Å². The molecule has 1 fully saturated rings. The third kappa shape index (κ3) is 4.31. The Balaban J connectivity index is 1.83. The Bertz CT molecular complexity index is 404. The molecule has 3 atom stereocenters. The first-order chi connectivity index (χ1) is 9.58. The first kappa shape index (κ1) is 16.0. The molecule has 1 aromatic carbocycles. The Labute approximate surface area is 131 Å². The van der Waals surface area contributed by atoms with Crippen molar-refractivity contribution in [3.05, 3.63) is 34.3 Å². The molecule has 1 aliphatic rings. The standard InChI is InChI=1S/C17H27BrN2/c1-13-5-3-4-6-17(13)20(2)12-11-16(19)14-7-9-15(18)10-8-14/h7-10,13,16-17H,3-6,11-12,19H2,1-2H3.